The molecule has 0 aromatic heterocycles. The van der Waals surface area contributed by atoms with Crippen molar-refractivity contribution in [1.29, 1.82) is 0 Å². The minimum absolute atomic E-state index is 0.0183. The van der Waals surface area contributed by atoms with Gasteiger partial charge in [-0.05, 0) is 48.5 Å². The van der Waals surface area contributed by atoms with Crippen LogP contribution in [0.1, 0.15) is 15.9 Å². The molecule has 3 aromatic rings. The first-order valence-corrected chi connectivity index (χ1v) is 14.0. The second-order valence-electron chi connectivity index (χ2n) is 8.47. The molecule has 1 aliphatic rings. The van der Waals surface area contributed by atoms with E-state index in [9.17, 15) is 13.2 Å². The highest BCUT2D eigenvalue weighted by molar-refractivity contribution is 7.92. The van der Waals surface area contributed by atoms with Gasteiger partial charge in [0.15, 0.2) is 0 Å². The quantitative estimate of drug-likeness (QED) is 0.419. The van der Waals surface area contributed by atoms with Crippen LogP contribution in [-0.4, -0.2) is 58.8 Å². The number of piperazine rings is 1. The summed E-state index contributed by atoms with van der Waals surface area (Å²) in [5.41, 5.74) is 2.44. The van der Waals surface area contributed by atoms with Crippen LogP contribution in [0, 0.1) is 0 Å². The van der Waals surface area contributed by atoms with Crippen molar-refractivity contribution in [3.63, 3.8) is 0 Å². The second kappa shape index (κ2) is 11.0. The lowest BCUT2D eigenvalue weighted by Crippen LogP contribution is -2.48. The Labute approximate surface area is 221 Å². The van der Waals surface area contributed by atoms with Crippen LogP contribution < -0.4 is 13.9 Å². The van der Waals surface area contributed by atoms with E-state index in [1.54, 1.807) is 54.5 Å². The number of sulfonamides is 1. The number of nitrogens with zero attached hydrogens (tertiary/aromatic N) is 3. The van der Waals surface area contributed by atoms with E-state index in [4.69, 9.17) is 27.9 Å². The molecule has 1 heterocycles. The van der Waals surface area contributed by atoms with Gasteiger partial charge in [0, 0.05) is 47.4 Å². The van der Waals surface area contributed by atoms with Crippen LogP contribution in [0.25, 0.3) is 0 Å². The van der Waals surface area contributed by atoms with Gasteiger partial charge in [-0.3, -0.25) is 9.10 Å². The summed E-state index contributed by atoms with van der Waals surface area (Å²) in [7, 11) is -1.99. The van der Waals surface area contributed by atoms with Gasteiger partial charge in [0.2, 0.25) is 10.0 Å². The molecular formula is C26H27Cl2N3O4S. The summed E-state index contributed by atoms with van der Waals surface area (Å²) >= 11 is 12.5. The number of ether oxygens (including phenoxy) is 1. The lowest BCUT2D eigenvalue weighted by Gasteiger charge is -2.36. The van der Waals surface area contributed by atoms with Crippen LogP contribution >= 0.6 is 23.2 Å². The first-order valence-electron chi connectivity index (χ1n) is 11.4. The van der Waals surface area contributed by atoms with E-state index in [0.29, 0.717) is 53.0 Å². The lowest BCUT2D eigenvalue weighted by atomic mass is 10.1. The average Bonchev–Trinajstić information content (AvgIpc) is 2.87. The van der Waals surface area contributed by atoms with Gasteiger partial charge < -0.3 is 14.5 Å². The Bertz CT molecular complexity index is 1320. The van der Waals surface area contributed by atoms with Gasteiger partial charge in [-0.2, -0.15) is 0 Å². The van der Waals surface area contributed by atoms with Crippen molar-refractivity contribution >= 4 is 50.5 Å². The Morgan fingerprint density at radius 3 is 2.11 bits per heavy atom. The summed E-state index contributed by atoms with van der Waals surface area (Å²) in [6.45, 7) is 2.49. The molecule has 1 fully saturated rings. The molecule has 7 nitrogen and oxygen atoms in total. The number of halogens is 2. The fourth-order valence-corrected chi connectivity index (χ4v) is 5.61. The van der Waals surface area contributed by atoms with E-state index in [0.717, 1.165) is 17.7 Å². The minimum Gasteiger partial charge on any atom is -0.495 e. The number of benzene rings is 3. The minimum atomic E-state index is -3.64. The highest BCUT2D eigenvalue weighted by Crippen LogP contribution is 2.30. The first-order chi connectivity index (χ1) is 17.2. The normalized spacial score (nSPS) is 14.0. The predicted molar refractivity (Wildman–Crippen MR) is 145 cm³/mol. The fourth-order valence-electron chi connectivity index (χ4n) is 4.22. The van der Waals surface area contributed by atoms with Crippen LogP contribution in [-0.2, 0) is 16.6 Å². The summed E-state index contributed by atoms with van der Waals surface area (Å²) in [6.07, 6.45) is 1.12. The topological polar surface area (TPSA) is 70.2 Å². The summed E-state index contributed by atoms with van der Waals surface area (Å²) in [5.74, 6) is 0.711. The Balaban J connectivity index is 1.47. The van der Waals surface area contributed by atoms with E-state index in [2.05, 4.69) is 4.90 Å². The van der Waals surface area contributed by atoms with E-state index < -0.39 is 10.0 Å². The molecule has 0 aliphatic carbocycles. The summed E-state index contributed by atoms with van der Waals surface area (Å²) < 4.78 is 31.8. The number of amides is 1. The molecule has 1 saturated heterocycles. The third-order valence-electron chi connectivity index (χ3n) is 6.16. The zero-order chi connectivity index (χ0) is 25.9. The molecule has 1 aliphatic heterocycles. The second-order valence-corrected chi connectivity index (χ2v) is 11.2. The van der Waals surface area contributed by atoms with Gasteiger partial charge in [-0.15, -0.1) is 0 Å². The number of methoxy groups -OCH3 is 1. The van der Waals surface area contributed by atoms with Crippen LogP contribution in [0.3, 0.4) is 0 Å². The number of carbonyl (C=O) groups is 1. The number of hydrogen-bond acceptors (Lipinski definition) is 5. The van der Waals surface area contributed by atoms with Crippen molar-refractivity contribution in [3.05, 3.63) is 87.9 Å². The van der Waals surface area contributed by atoms with Gasteiger partial charge in [-0.1, -0.05) is 41.4 Å². The number of hydrogen-bond donors (Lipinski definition) is 0. The molecule has 0 atom stereocenters. The predicted octanol–water partition coefficient (Wildman–Crippen LogP) is 4.93. The Morgan fingerprint density at radius 1 is 0.917 bits per heavy atom. The molecule has 3 aromatic carbocycles. The zero-order valence-corrected chi connectivity index (χ0v) is 22.4. The molecule has 0 bridgehead atoms. The van der Waals surface area contributed by atoms with Crippen molar-refractivity contribution in [2.45, 2.75) is 6.54 Å². The van der Waals surface area contributed by atoms with Crippen molar-refractivity contribution < 1.29 is 17.9 Å². The van der Waals surface area contributed by atoms with Crippen LogP contribution in [0.15, 0.2) is 66.7 Å². The SMILES string of the molecule is COc1ccccc1N1CCN(C(=O)c2ccc(N(Cc3c(Cl)cccc3Cl)S(C)(=O)=O)cc2)CC1. The molecule has 190 valence electrons. The molecule has 0 N–H and O–H groups in total. The highest BCUT2D eigenvalue weighted by Gasteiger charge is 2.25. The molecule has 0 radical (unpaired) electrons. The zero-order valence-electron chi connectivity index (χ0n) is 20.0. The number of anilines is 2. The number of para-hydroxylation sites is 2. The molecular weight excluding hydrogens is 521 g/mol. The smallest absolute Gasteiger partial charge is 0.253 e. The van der Waals surface area contributed by atoms with Gasteiger partial charge in [-0.25, -0.2) is 8.42 Å². The Morgan fingerprint density at radius 2 is 1.53 bits per heavy atom. The molecule has 0 saturated carbocycles. The summed E-state index contributed by atoms with van der Waals surface area (Å²) in [6, 6.07) is 19.4. The fraction of sp³-hybridized carbons (Fsp3) is 0.269. The lowest BCUT2D eigenvalue weighted by molar-refractivity contribution is 0.0746. The summed E-state index contributed by atoms with van der Waals surface area (Å²) in [4.78, 5) is 17.1. The van der Waals surface area contributed by atoms with Crippen LogP contribution in [0.5, 0.6) is 5.75 Å². The average molecular weight is 548 g/mol. The number of carbonyl (C=O) groups excluding carboxylic acids is 1. The third-order valence-corrected chi connectivity index (χ3v) is 8.01. The van der Waals surface area contributed by atoms with E-state index in [1.807, 2.05) is 24.3 Å². The van der Waals surface area contributed by atoms with E-state index in [-0.39, 0.29) is 12.5 Å². The van der Waals surface area contributed by atoms with Gasteiger partial charge >= 0.3 is 0 Å². The third kappa shape index (κ3) is 5.72. The monoisotopic (exact) mass is 547 g/mol. The molecule has 0 spiro atoms. The molecule has 0 unspecified atom stereocenters. The van der Waals surface area contributed by atoms with E-state index in [1.165, 1.54) is 4.31 Å². The molecule has 36 heavy (non-hydrogen) atoms. The van der Waals surface area contributed by atoms with E-state index >= 15 is 0 Å². The first kappa shape index (κ1) is 26.1. The van der Waals surface area contributed by atoms with Crippen LogP contribution in [0.2, 0.25) is 10.0 Å². The van der Waals surface area contributed by atoms with Crippen molar-refractivity contribution in [3.8, 4) is 5.75 Å². The maximum absolute atomic E-state index is 13.1. The van der Waals surface area contributed by atoms with Crippen molar-refractivity contribution in [1.82, 2.24) is 4.90 Å². The van der Waals surface area contributed by atoms with Gasteiger partial charge in [0.1, 0.15) is 5.75 Å². The maximum Gasteiger partial charge on any atom is 0.253 e. The maximum atomic E-state index is 13.1. The van der Waals surface area contributed by atoms with Gasteiger partial charge in [0.25, 0.3) is 5.91 Å². The number of rotatable bonds is 7. The molecule has 4 rings (SSSR count). The van der Waals surface area contributed by atoms with Crippen LogP contribution in [0.4, 0.5) is 11.4 Å². The molecule has 10 heteroatoms. The summed E-state index contributed by atoms with van der Waals surface area (Å²) in [5, 5.41) is 0.769. The van der Waals surface area contributed by atoms with Crippen molar-refractivity contribution in [2.75, 3.05) is 48.7 Å². The Kier molecular flexibility index (Phi) is 7.97. The van der Waals surface area contributed by atoms with Crippen molar-refractivity contribution in [2.24, 2.45) is 0 Å². The molecule has 1 amide bonds. The standard InChI is InChI=1S/C26H27Cl2N3O4S/c1-35-25-9-4-3-8-24(25)29-14-16-30(17-15-29)26(32)19-10-12-20(13-11-19)31(36(2,33)34)18-21-22(27)6-5-7-23(21)28/h3-13H,14-18H2,1-2H3. The highest BCUT2D eigenvalue weighted by atomic mass is 35.5. The largest absolute Gasteiger partial charge is 0.495 e. The Hall–Kier alpha value is -2.94. The van der Waals surface area contributed by atoms with Gasteiger partial charge in [0.05, 0.1) is 31.3 Å².